The van der Waals surface area contributed by atoms with E-state index in [2.05, 4.69) is 0 Å². The van der Waals surface area contributed by atoms with Gasteiger partial charge in [0.2, 0.25) is 0 Å². The number of hydrogen-bond donors (Lipinski definition) is 0. The maximum Gasteiger partial charge on any atom is 0.405 e. The second-order valence-corrected chi connectivity index (χ2v) is 4.17. The van der Waals surface area contributed by atoms with Gasteiger partial charge in [-0.3, -0.25) is 0 Å². The number of halogens is 5. The van der Waals surface area contributed by atoms with Crippen LogP contribution in [0.3, 0.4) is 0 Å². The molecule has 92 valence electrons. The minimum atomic E-state index is -4.66. The maximum atomic E-state index is 13.1. The monoisotopic (exact) mass is 267 g/mol. The molecule has 0 aliphatic carbocycles. The van der Waals surface area contributed by atoms with Gasteiger partial charge in [0.1, 0.15) is 11.6 Å². The summed E-state index contributed by atoms with van der Waals surface area (Å²) in [5.74, 6) is -4.42. The summed E-state index contributed by atoms with van der Waals surface area (Å²) in [6.45, 7) is 0. The maximum absolute atomic E-state index is 13.1. The highest BCUT2D eigenvalue weighted by atomic mass is 32.2. The van der Waals surface area contributed by atoms with E-state index in [4.69, 9.17) is 5.26 Å². The van der Waals surface area contributed by atoms with Crippen LogP contribution in [0.1, 0.15) is 0 Å². The van der Waals surface area contributed by atoms with Crippen molar-refractivity contribution in [3.8, 4) is 6.07 Å². The Balaban J connectivity index is 2.73. The largest absolute Gasteiger partial charge is 0.405 e. The molecule has 0 amide bonds. The zero-order valence-corrected chi connectivity index (χ0v) is 9.08. The molecular formula is C10H6F5NS. The fourth-order valence-electron chi connectivity index (χ4n) is 0.966. The summed E-state index contributed by atoms with van der Waals surface area (Å²) in [7, 11) is 0. The normalized spacial score (nSPS) is 13.2. The van der Waals surface area contributed by atoms with E-state index in [-0.39, 0.29) is 4.90 Å². The Morgan fingerprint density at radius 1 is 1.29 bits per heavy atom. The number of thioether (sulfide) groups is 1. The van der Waals surface area contributed by atoms with Crippen molar-refractivity contribution in [1.82, 2.24) is 0 Å². The van der Waals surface area contributed by atoms with E-state index >= 15 is 0 Å². The molecule has 0 aromatic heterocycles. The summed E-state index contributed by atoms with van der Waals surface area (Å²) < 4.78 is 62.4. The van der Waals surface area contributed by atoms with E-state index in [0.717, 1.165) is 24.3 Å². The Morgan fingerprint density at radius 2 is 1.94 bits per heavy atom. The van der Waals surface area contributed by atoms with Gasteiger partial charge in [-0.15, -0.1) is 11.8 Å². The molecule has 0 saturated heterocycles. The van der Waals surface area contributed by atoms with Crippen molar-refractivity contribution in [3.63, 3.8) is 0 Å². The molecule has 7 heteroatoms. The van der Waals surface area contributed by atoms with Gasteiger partial charge in [-0.2, -0.15) is 18.4 Å². The number of hydrogen-bond acceptors (Lipinski definition) is 2. The molecule has 0 N–H and O–H groups in total. The van der Waals surface area contributed by atoms with E-state index in [9.17, 15) is 22.0 Å². The molecule has 1 nitrogen and oxygen atoms in total. The second kappa shape index (κ2) is 5.36. The predicted octanol–water partition coefficient (Wildman–Crippen LogP) is 3.76. The SMILES string of the molecule is N#CC(CSc1cc(F)ccc1F)C(F)(F)F. The summed E-state index contributed by atoms with van der Waals surface area (Å²) in [6.07, 6.45) is -4.66. The topological polar surface area (TPSA) is 23.8 Å². The highest BCUT2D eigenvalue weighted by Crippen LogP contribution is 2.32. The van der Waals surface area contributed by atoms with Crippen LogP contribution in [0.2, 0.25) is 0 Å². The molecule has 0 radical (unpaired) electrons. The second-order valence-electron chi connectivity index (χ2n) is 3.11. The third-order valence-corrected chi connectivity index (χ3v) is 2.97. The smallest absolute Gasteiger partial charge is 0.207 e. The van der Waals surface area contributed by atoms with Crippen molar-refractivity contribution in [3.05, 3.63) is 29.8 Å². The Kier molecular flexibility index (Phi) is 4.34. The molecule has 0 bridgehead atoms. The predicted molar refractivity (Wildman–Crippen MR) is 52.2 cm³/mol. The standard InChI is InChI=1S/C10H6F5NS/c11-7-1-2-8(12)9(3-7)17-5-6(4-16)10(13,14)15/h1-3,6H,5H2. The lowest BCUT2D eigenvalue weighted by Crippen LogP contribution is -2.23. The number of nitrogens with zero attached hydrogens (tertiary/aromatic N) is 1. The summed E-state index contributed by atoms with van der Waals surface area (Å²) in [5.41, 5.74) is 0. The van der Waals surface area contributed by atoms with Crippen molar-refractivity contribution in [2.45, 2.75) is 11.1 Å². The van der Waals surface area contributed by atoms with E-state index in [1.807, 2.05) is 0 Å². The van der Waals surface area contributed by atoms with Crippen LogP contribution in [0.25, 0.3) is 0 Å². The van der Waals surface area contributed by atoms with Gasteiger partial charge < -0.3 is 0 Å². The third-order valence-electron chi connectivity index (χ3n) is 1.85. The van der Waals surface area contributed by atoms with Crippen molar-refractivity contribution >= 4 is 11.8 Å². The molecule has 0 fully saturated rings. The van der Waals surface area contributed by atoms with Crippen molar-refractivity contribution in [2.24, 2.45) is 5.92 Å². The number of nitriles is 1. The molecule has 17 heavy (non-hydrogen) atoms. The number of benzene rings is 1. The first-order chi connectivity index (χ1) is 7.84. The van der Waals surface area contributed by atoms with Crippen LogP contribution < -0.4 is 0 Å². The summed E-state index contributed by atoms with van der Waals surface area (Å²) in [5, 5.41) is 8.31. The molecule has 1 aromatic rings. The lowest BCUT2D eigenvalue weighted by Gasteiger charge is -2.12. The number of alkyl halides is 3. The van der Waals surface area contributed by atoms with Crippen LogP contribution >= 0.6 is 11.8 Å². The van der Waals surface area contributed by atoms with Crippen LogP contribution in [0.5, 0.6) is 0 Å². The summed E-state index contributed by atoms with van der Waals surface area (Å²) in [6, 6.07) is 3.57. The van der Waals surface area contributed by atoms with E-state index in [1.54, 1.807) is 0 Å². The van der Waals surface area contributed by atoms with Crippen molar-refractivity contribution in [1.29, 1.82) is 5.26 Å². The van der Waals surface area contributed by atoms with Crippen LogP contribution in [-0.2, 0) is 0 Å². The highest BCUT2D eigenvalue weighted by molar-refractivity contribution is 7.99. The van der Waals surface area contributed by atoms with Gasteiger partial charge in [-0.1, -0.05) is 0 Å². The average molecular weight is 267 g/mol. The van der Waals surface area contributed by atoms with Gasteiger partial charge in [-0.05, 0) is 18.2 Å². The fraction of sp³-hybridized carbons (Fsp3) is 0.300. The lowest BCUT2D eigenvalue weighted by atomic mass is 10.2. The van der Waals surface area contributed by atoms with Gasteiger partial charge in [0.25, 0.3) is 0 Å². The first-order valence-corrected chi connectivity index (χ1v) is 5.37. The fourth-order valence-corrected chi connectivity index (χ4v) is 1.98. The first kappa shape index (κ1) is 13.8. The van der Waals surface area contributed by atoms with Crippen LogP contribution in [-0.4, -0.2) is 11.9 Å². The zero-order valence-electron chi connectivity index (χ0n) is 8.26. The Bertz CT molecular complexity index is 437. The Morgan fingerprint density at radius 3 is 2.47 bits per heavy atom. The van der Waals surface area contributed by atoms with Crippen molar-refractivity contribution < 1.29 is 22.0 Å². The van der Waals surface area contributed by atoms with Gasteiger partial charge in [0.15, 0.2) is 5.92 Å². The molecule has 0 heterocycles. The number of rotatable bonds is 3. The average Bonchev–Trinajstić information content (AvgIpc) is 2.22. The molecule has 0 spiro atoms. The van der Waals surface area contributed by atoms with E-state index in [0.29, 0.717) is 11.8 Å². The van der Waals surface area contributed by atoms with Crippen LogP contribution in [0.4, 0.5) is 22.0 Å². The molecule has 1 unspecified atom stereocenters. The lowest BCUT2D eigenvalue weighted by molar-refractivity contribution is -0.152. The molecule has 0 aliphatic heterocycles. The van der Waals surface area contributed by atoms with Gasteiger partial charge in [-0.25, -0.2) is 8.78 Å². The van der Waals surface area contributed by atoms with Crippen LogP contribution in [0, 0.1) is 28.9 Å². The molecule has 1 rings (SSSR count). The molecule has 1 atom stereocenters. The van der Waals surface area contributed by atoms with Gasteiger partial charge >= 0.3 is 6.18 Å². The van der Waals surface area contributed by atoms with Gasteiger partial charge in [0.05, 0.1) is 6.07 Å². The van der Waals surface area contributed by atoms with E-state index in [1.165, 1.54) is 0 Å². The Hall–Kier alpha value is -1.29. The summed E-state index contributed by atoms with van der Waals surface area (Å²) in [4.78, 5) is -0.241. The minimum absolute atomic E-state index is 0.241. The van der Waals surface area contributed by atoms with Crippen molar-refractivity contribution in [2.75, 3.05) is 5.75 Å². The van der Waals surface area contributed by atoms with Gasteiger partial charge in [0, 0.05) is 10.6 Å². The summed E-state index contributed by atoms with van der Waals surface area (Å²) >= 11 is 0.463. The Labute approximate surface area is 98.2 Å². The highest BCUT2D eigenvalue weighted by Gasteiger charge is 2.39. The van der Waals surface area contributed by atoms with E-state index < -0.39 is 29.5 Å². The molecule has 0 aliphatic rings. The van der Waals surface area contributed by atoms with Crippen LogP contribution in [0.15, 0.2) is 23.1 Å². The first-order valence-electron chi connectivity index (χ1n) is 4.38. The molecular weight excluding hydrogens is 261 g/mol. The zero-order chi connectivity index (χ0) is 13.1. The molecule has 0 saturated carbocycles. The minimum Gasteiger partial charge on any atom is -0.207 e. The third kappa shape index (κ3) is 3.89. The molecule has 1 aromatic carbocycles. The quantitative estimate of drug-likeness (QED) is 0.615.